The molecule has 116 valence electrons. The minimum Gasteiger partial charge on any atom is -0.373 e. The van der Waals surface area contributed by atoms with Gasteiger partial charge in [0.15, 0.2) is 5.13 Å². The second kappa shape index (κ2) is 5.86. The van der Waals surface area contributed by atoms with Crippen LogP contribution in [0.1, 0.15) is 32.1 Å². The Hall–Kier alpha value is -0.650. The number of nitrogens with one attached hydrogen (secondary N) is 1. The van der Waals surface area contributed by atoms with Crippen molar-refractivity contribution < 1.29 is 4.74 Å². The van der Waals surface area contributed by atoms with E-state index in [1.54, 1.807) is 11.3 Å². The van der Waals surface area contributed by atoms with Crippen LogP contribution in [0.15, 0.2) is 11.6 Å². The normalized spacial score (nSPS) is 33.6. The highest BCUT2D eigenvalue weighted by molar-refractivity contribution is 7.13. The molecule has 1 spiro atoms. The molecule has 4 rings (SSSR count). The molecule has 2 aliphatic heterocycles. The van der Waals surface area contributed by atoms with Gasteiger partial charge in [0.05, 0.1) is 12.2 Å². The first-order chi connectivity index (χ1) is 10.3. The minimum absolute atomic E-state index is 0.155. The molecule has 0 radical (unpaired) electrons. The Morgan fingerprint density at radius 2 is 2.38 bits per heavy atom. The number of piperidine rings is 1. The van der Waals surface area contributed by atoms with Crippen LogP contribution in [0.2, 0.25) is 0 Å². The largest absolute Gasteiger partial charge is 0.373 e. The van der Waals surface area contributed by atoms with Crippen LogP contribution in [-0.2, 0) is 4.74 Å². The van der Waals surface area contributed by atoms with Crippen molar-refractivity contribution >= 4 is 16.5 Å². The van der Waals surface area contributed by atoms with E-state index in [-0.39, 0.29) is 5.60 Å². The summed E-state index contributed by atoms with van der Waals surface area (Å²) in [6, 6.07) is 0. The second-order valence-corrected chi connectivity index (χ2v) is 7.96. The lowest BCUT2D eigenvalue weighted by molar-refractivity contribution is -0.0523. The molecular weight excluding hydrogens is 282 g/mol. The highest BCUT2D eigenvalue weighted by Crippen LogP contribution is 2.39. The van der Waals surface area contributed by atoms with Gasteiger partial charge in [0.1, 0.15) is 0 Å². The summed E-state index contributed by atoms with van der Waals surface area (Å²) in [4.78, 5) is 6.96. The van der Waals surface area contributed by atoms with Crippen LogP contribution < -0.4 is 5.32 Å². The maximum atomic E-state index is 6.30. The first-order valence-corrected chi connectivity index (χ1v) is 9.19. The van der Waals surface area contributed by atoms with Gasteiger partial charge < -0.3 is 15.0 Å². The number of nitrogens with zero attached hydrogens (tertiary/aromatic N) is 2. The molecule has 4 nitrogen and oxygen atoms in total. The van der Waals surface area contributed by atoms with E-state index in [0.29, 0.717) is 5.92 Å². The van der Waals surface area contributed by atoms with E-state index in [2.05, 4.69) is 15.2 Å². The van der Waals surface area contributed by atoms with E-state index in [9.17, 15) is 0 Å². The fraction of sp³-hybridized carbons (Fsp3) is 0.812. The van der Waals surface area contributed by atoms with Crippen LogP contribution in [-0.4, -0.2) is 48.3 Å². The van der Waals surface area contributed by atoms with Crippen LogP contribution in [0.25, 0.3) is 0 Å². The van der Waals surface area contributed by atoms with Crippen molar-refractivity contribution in [2.45, 2.75) is 37.7 Å². The minimum atomic E-state index is 0.155. The molecule has 0 bridgehead atoms. The number of ether oxygens (including phenoxy) is 1. The van der Waals surface area contributed by atoms with Gasteiger partial charge in [0, 0.05) is 37.1 Å². The second-order valence-electron chi connectivity index (χ2n) is 7.06. The summed E-state index contributed by atoms with van der Waals surface area (Å²) in [6.45, 7) is 5.67. The molecular formula is C16H25N3OS. The summed E-state index contributed by atoms with van der Waals surface area (Å²) in [5.41, 5.74) is 0.155. The van der Waals surface area contributed by atoms with Crippen LogP contribution in [0.4, 0.5) is 5.13 Å². The van der Waals surface area contributed by atoms with Gasteiger partial charge in [-0.3, -0.25) is 0 Å². The fourth-order valence-corrected chi connectivity index (χ4v) is 4.45. The van der Waals surface area contributed by atoms with Gasteiger partial charge in [-0.1, -0.05) is 0 Å². The summed E-state index contributed by atoms with van der Waals surface area (Å²) in [5.74, 6) is 1.62. The summed E-state index contributed by atoms with van der Waals surface area (Å²) < 4.78 is 6.30. The molecule has 2 saturated heterocycles. The first kappa shape index (κ1) is 14.0. The van der Waals surface area contributed by atoms with E-state index in [1.807, 2.05) is 11.6 Å². The van der Waals surface area contributed by atoms with E-state index >= 15 is 0 Å². The molecule has 1 aromatic rings. The Balaban J connectivity index is 1.29. The molecule has 0 amide bonds. The van der Waals surface area contributed by atoms with Gasteiger partial charge >= 0.3 is 0 Å². The van der Waals surface area contributed by atoms with Crippen molar-refractivity contribution in [1.82, 2.24) is 9.88 Å². The van der Waals surface area contributed by atoms with Gasteiger partial charge in [-0.25, -0.2) is 4.98 Å². The highest BCUT2D eigenvalue weighted by atomic mass is 32.1. The molecule has 21 heavy (non-hydrogen) atoms. The van der Waals surface area contributed by atoms with E-state index < -0.39 is 0 Å². The number of anilines is 1. The molecule has 2 unspecified atom stereocenters. The molecule has 1 aliphatic carbocycles. The van der Waals surface area contributed by atoms with Crippen molar-refractivity contribution in [3.63, 3.8) is 0 Å². The predicted molar refractivity (Wildman–Crippen MR) is 85.8 cm³/mol. The number of hydrogen-bond acceptors (Lipinski definition) is 5. The molecule has 5 heteroatoms. The summed E-state index contributed by atoms with van der Waals surface area (Å²) >= 11 is 1.68. The van der Waals surface area contributed by atoms with Crippen molar-refractivity contribution in [2.24, 2.45) is 11.8 Å². The van der Waals surface area contributed by atoms with Gasteiger partial charge in [-0.2, -0.15) is 0 Å². The summed E-state index contributed by atoms with van der Waals surface area (Å²) in [6.07, 6.45) is 8.53. The quantitative estimate of drug-likeness (QED) is 0.907. The van der Waals surface area contributed by atoms with Crippen molar-refractivity contribution in [3.8, 4) is 0 Å². The maximum absolute atomic E-state index is 6.30. The lowest BCUT2D eigenvalue weighted by Crippen LogP contribution is -2.48. The highest BCUT2D eigenvalue weighted by Gasteiger charge is 2.43. The third kappa shape index (κ3) is 3.41. The standard InChI is InChI=1S/C16H25N3OS/c1-4-16(12-19(6-1)10-13-2-3-13)8-14(11-20-16)9-18-15-17-5-7-21-15/h5,7,13-14H,1-4,6,8-12H2,(H,17,18). The first-order valence-electron chi connectivity index (χ1n) is 8.31. The number of likely N-dealkylation sites (tertiary alicyclic amines) is 1. The molecule has 3 heterocycles. The zero-order valence-electron chi connectivity index (χ0n) is 12.6. The number of thiazole rings is 1. The third-order valence-corrected chi connectivity index (χ3v) is 5.82. The van der Waals surface area contributed by atoms with E-state index in [1.165, 1.54) is 45.2 Å². The molecule has 3 aliphatic rings. The SMILES string of the molecule is c1csc(NCC2COC3(CCCN(CC4CC4)C3)C2)n1. The van der Waals surface area contributed by atoms with Crippen LogP contribution in [0.3, 0.4) is 0 Å². The van der Waals surface area contributed by atoms with E-state index in [4.69, 9.17) is 4.74 Å². The van der Waals surface area contributed by atoms with Crippen LogP contribution in [0.5, 0.6) is 0 Å². The van der Waals surface area contributed by atoms with Crippen LogP contribution in [0, 0.1) is 11.8 Å². The molecule has 1 N–H and O–H groups in total. The Morgan fingerprint density at radius 1 is 1.43 bits per heavy atom. The zero-order valence-corrected chi connectivity index (χ0v) is 13.4. The zero-order chi connectivity index (χ0) is 14.1. The maximum Gasteiger partial charge on any atom is 0.182 e. The van der Waals surface area contributed by atoms with Gasteiger partial charge in [0.25, 0.3) is 0 Å². The predicted octanol–water partition coefficient (Wildman–Crippen LogP) is 2.84. The lowest BCUT2D eigenvalue weighted by atomic mass is 9.86. The molecule has 1 aromatic heterocycles. The summed E-state index contributed by atoms with van der Waals surface area (Å²) in [5, 5.41) is 6.51. The van der Waals surface area contributed by atoms with Crippen molar-refractivity contribution in [1.29, 1.82) is 0 Å². The van der Waals surface area contributed by atoms with Gasteiger partial charge in [0.2, 0.25) is 0 Å². The summed E-state index contributed by atoms with van der Waals surface area (Å²) in [7, 11) is 0. The average molecular weight is 307 g/mol. The topological polar surface area (TPSA) is 37.4 Å². The van der Waals surface area contributed by atoms with Gasteiger partial charge in [-0.05, 0) is 44.6 Å². The fourth-order valence-electron chi connectivity index (χ4n) is 3.91. The average Bonchev–Trinajstić information content (AvgIpc) is 3.00. The number of rotatable bonds is 5. The number of aromatic nitrogens is 1. The van der Waals surface area contributed by atoms with Crippen LogP contribution >= 0.6 is 11.3 Å². The number of hydrogen-bond donors (Lipinski definition) is 1. The molecule has 3 fully saturated rings. The van der Waals surface area contributed by atoms with E-state index in [0.717, 1.165) is 30.7 Å². The van der Waals surface area contributed by atoms with Gasteiger partial charge in [-0.15, -0.1) is 11.3 Å². The monoisotopic (exact) mass is 307 g/mol. The smallest absolute Gasteiger partial charge is 0.182 e. The molecule has 2 atom stereocenters. The third-order valence-electron chi connectivity index (χ3n) is 5.09. The van der Waals surface area contributed by atoms with Crippen molar-refractivity contribution in [2.75, 3.05) is 38.1 Å². The Kier molecular flexibility index (Phi) is 3.90. The Morgan fingerprint density at radius 3 is 3.19 bits per heavy atom. The lowest BCUT2D eigenvalue weighted by Gasteiger charge is -2.40. The molecule has 1 saturated carbocycles. The Bertz CT molecular complexity index is 462. The Labute approximate surface area is 130 Å². The van der Waals surface area contributed by atoms with Crippen molar-refractivity contribution in [3.05, 3.63) is 11.6 Å². The molecule has 0 aromatic carbocycles.